The van der Waals surface area contributed by atoms with Crippen LogP contribution >= 0.6 is 0 Å². The van der Waals surface area contributed by atoms with Crippen molar-refractivity contribution in [3.63, 3.8) is 0 Å². The second-order valence-corrected chi connectivity index (χ2v) is 3.07. The van der Waals surface area contributed by atoms with Crippen molar-refractivity contribution in [3.05, 3.63) is 0 Å². The van der Waals surface area contributed by atoms with Gasteiger partial charge in [-0.3, -0.25) is 0 Å². The molecule has 0 aromatic rings. The van der Waals surface area contributed by atoms with Crippen molar-refractivity contribution in [2.24, 2.45) is 5.92 Å². The van der Waals surface area contributed by atoms with Crippen LogP contribution in [0, 0.1) is 18.3 Å². The zero-order valence-corrected chi connectivity index (χ0v) is 5.72. The molecule has 1 nitrogen and oxygen atoms in total. The molecular weight excluding hydrogens is 112 g/mol. The molecule has 1 aliphatic carbocycles. The molecule has 0 aromatic carbocycles. The summed E-state index contributed by atoms with van der Waals surface area (Å²) < 4.78 is 0. The SMILES string of the molecule is C#C[C@](C)(O)CC1CC1. The Morgan fingerprint density at radius 2 is 2.33 bits per heavy atom. The fraction of sp³-hybridized carbons (Fsp3) is 0.750. The molecule has 0 spiro atoms. The molecular formula is C8H12O. The topological polar surface area (TPSA) is 20.2 Å². The van der Waals surface area contributed by atoms with Crippen LogP contribution in [0.5, 0.6) is 0 Å². The molecule has 1 aliphatic rings. The van der Waals surface area contributed by atoms with Gasteiger partial charge in [-0.1, -0.05) is 18.8 Å². The van der Waals surface area contributed by atoms with Gasteiger partial charge in [-0.2, -0.15) is 0 Å². The van der Waals surface area contributed by atoms with Crippen molar-refractivity contribution < 1.29 is 5.11 Å². The first kappa shape index (κ1) is 6.64. The molecule has 0 aliphatic heterocycles. The Kier molecular flexibility index (Phi) is 1.50. The fourth-order valence-corrected chi connectivity index (χ4v) is 0.943. The van der Waals surface area contributed by atoms with Crippen molar-refractivity contribution in [3.8, 4) is 12.3 Å². The van der Waals surface area contributed by atoms with Crippen LogP contribution in [0.15, 0.2) is 0 Å². The van der Waals surface area contributed by atoms with Gasteiger partial charge in [0.15, 0.2) is 0 Å². The molecule has 0 radical (unpaired) electrons. The van der Waals surface area contributed by atoms with Gasteiger partial charge in [0.25, 0.3) is 0 Å². The van der Waals surface area contributed by atoms with Gasteiger partial charge in [0, 0.05) is 0 Å². The summed E-state index contributed by atoms with van der Waals surface area (Å²) in [6, 6.07) is 0. The Morgan fingerprint density at radius 3 is 2.67 bits per heavy atom. The van der Waals surface area contributed by atoms with Crippen LogP contribution in [-0.2, 0) is 0 Å². The Balaban J connectivity index is 2.32. The predicted octanol–water partition coefficient (Wildman–Crippen LogP) is 1.17. The van der Waals surface area contributed by atoms with Crippen LogP contribution < -0.4 is 0 Å². The molecule has 9 heavy (non-hydrogen) atoms. The van der Waals surface area contributed by atoms with E-state index >= 15 is 0 Å². The molecule has 1 N–H and O–H groups in total. The van der Waals surface area contributed by atoms with Gasteiger partial charge in [-0.05, 0) is 19.3 Å². The lowest BCUT2D eigenvalue weighted by atomic mass is 10.0. The summed E-state index contributed by atoms with van der Waals surface area (Å²) in [5.74, 6) is 3.07. The average molecular weight is 124 g/mol. The van der Waals surface area contributed by atoms with E-state index in [1.165, 1.54) is 12.8 Å². The first-order valence-corrected chi connectivity index (χ1v) is 3.34. The predicted molar refractivity (Wildman–Crippen MR) is 36.8 cm³/mol. The first-order valence-electron chi connectivity index (χ1n) is 3.34. The molecule has 0 bridgehead atoms. The minimum absolute atomic E-state index is 0.705. The van der Waals surface area contributed by atoms with E-state index in [2.05, 4.69) is 5.92 Å². The Hall–Kier alpha value is -0.480. The number of terminal acetylenes is 1. The molecule has 0 aromatic heterocycles. The van der Waals surface area contributed by atoms with E-state index in [-0.39, 0.29) is 0 Å². The van der Waals surface area contributed by atoms with Gasteiger partial charge in [0.2, 0.25) is 0 Å². The molecule has 1 fully saturated rings. The van der Waals surface area contributed by atoms with E-state index in [1.54, 1.807) is 6.92 Å². The maximum Gasteiger partial charge on any atom is 0.122 e. The van der Waals surface area contributed by atoms with Crippen LogP contribution in [0.25, 0.3) is 0 Å². The molecule has 0 amide bonds. The number of aliphatic hydroxyl groups is 1. The van der Waals surface area contributed by atoms with Crippen LogP contribution in [-0.4, -0.2) is 10.7 Å². The zero-order chi connectivity index (χ0) is 6.91. The summed E-state index contributed by atoms with van der Waals surface area (Å²) in [6.07, 6.45) is 8.36. The highest BCUT2D eigenvalue weighted by Gasteiger charge is 2.29. The Labute approximate surface area is 56.1 Å². The van der Waals surface area contributed by atoms with Crippen LogP contribution in [0.4, 0.5) is 0 Å². The van der Waals surface area contributed by atoms with Gasteiger partial charge in [-0.25, -0.2) is 0 Å². The second-order valence-electron chi connectivity index (χ2n) is 3.07. The summed E-state index contributed by atoms with van der Waals surface area (Å²) in [5.41, 5.74) is -0.846. The summed E-state index contributed by atoms with van der Waals surface area (Å²) in [6.45, 7) is 1.70. The van der Waals surface area contributed by atoms with Gasteiger partial charge in [0.1, 0.15) is 5.60 Å². The van der Waals surface area contributed by atoms with Crippen LogP contribution in [0.3, 0.4) is 0 Å². The van der Waals surface area contributed by atoms with Crippen molar-refractivity contribution >= 4 is 0 Å². The molecule has 1 atom stereocenters. The lowest BCUT2D eigenvalue weighted by molar-refractivity contribution is 0.106. The third kappa shape index (κ3) is 2.07. The third-order valence-corrected chi connectivity index (χ3v) is 1.69. The smallest absolute Gasteiger partial charge is 0.122 e. The lowest BCUT2D eigenvalue weighted by Crippen LogP contribution is -2.21. The van der Waals surface area contributed by atoms with E-state index in [9.17, 15) is 5.11 Å². The standard InChI is InChI=1S/C8H12O/c1-3-8(2,9)6-7-4-5-7/h1,7,9H,4-6H2,2H3/t8-/m0/s1. The first-order chi connectivity index (χ1) is 4.14. The maximum absolute atomic E-state index is 9.30. The van der Waals surface area contributed by atoms with Crippen LogP contribution in [0.1, 0.15) is 26.2 Å². The minimum atomic E-state index is -0.846. The number of hydrogen-bond acceptors (Lipinski definition) is 1. The molecule has 1 rings (SSSR count). The third-order valence-electron chi connectivity index (χ3n) is 1.69. The molecule has 0 saturated heterocycles. The molecule has 50 valence electrons. The minimum Gasteiger partial charge on any atom is -0.378 e. The van der Waals surface area contributed by atoms with Crippen molar-refractivity contribution in [2.75, 3.05) is 0 Å². The van der Waals surface area contributed by atoms with E-state index in [1.807, 2.05) is 0 Å². The molecule has 0 unspecified atom stereocenters. The highest BCUT2D eigenvalue weighted by Crippen LogP contribution is 2.36. The quantitative estimate of drug-likeness (QED) is 0.548. The van der Waals surface area contributed by atoms with Gasteiger partial charge < -0.3 is 5.11 Å². The molecule has 1 heteroatoms. The van der Waals surface area contributed by atoms with Crippen molar-refractivity contribution in [1.82, 2.24) is 0 Å². The number of hydrogen-bond donors (Lipinski definition) is 1. The van der Waals surface area contributed by atoms with E-state index in [0.29, 0.717) is 5.92 Å². The van der Waals surface area contributed by atoms with E-state index in [0.717, 1.165) is 6.42 Å². The van der Waals surface area contributed by atoms with E-state index in [4.69, 9.17) is 6.42 Å². The highest BCUT2D eigenvalue weighted by atomic mass is 16.3. The van der Waals surface area contributed by atoms with Crippen molar-refractivity contribution in [2.45, 2.75) is 31.8 Å². The summed E-state index contributed by atoms with van der Waals surface area (Å²) in [4.78, 5) is 0. The van der Waals surface area contributed by atoms with Gasteiger partial charge in [0.05, 0.1) is 0 Å². The summed E-state index contributed by atoms with van der Waals surface area (Å²) in [5, 5.41) is 9.30. The Morgan fingerprint density at radius 1 is 1.78 bits per heavy atom. The number of rotatable bonds is 2. The summed E-state index contributed by atoms with van der Waals surface area (Å²) >= 11 is 0. The van der Waals surface area contributed by atoms with Crippen molar-refractivity contribution in [1.29, 1.82) is 0 Å². The monoisotopic (exact) mass is 124 g/mol. The maximum atomic E-state index is 9.30. The van der Waals surface area contributed by atoms with Gasteiger partial charge >= 0.3 is 0 Å². The largest absolute Gasteiger partial charge is 0.378 e. The normalized spacial score (nSPS) is 24.6. The summed E-state index contributed by atoms with van der Waals surface area (Å²) in [7, 11) is 0. The van der Waals surface area contributed by atoms with E-state index < -0.39 is 5.60 Å². The highest BCUT2D eigenvalue weighted by molar-refractivity contribution is 5.06. The average Bonchev–Trinajstić information content (AvgIpc) is 2.50. The molecule has 0 heterocycles. The zero-order valence-electron chi connectivity index (χ0n) is 5.72. The molecule has 1 saturated carbocycles. The Bertz CT molecular complexity index is 137. The fourth-order valence-electron chi connectivity index (χ4n) is 0.943. The second kappa shape index (κ2) is 2.04. The van der Waals surface area contributed by atoms with Gasteiger partial charge in [-0.15, -0.1) is 6.42 Å². The lowest BCUT2D eigenvalue weighted by Gasteiger charge is -2.14. The van der Waals surface area contributed by atoms with Crippen LogP contribution in [0.2, 0.25) is 0 Å².